The smallest absolute Gasteiger partial charge is 0.368 e. The number of carbonyl (C=O) groups excluding carboxylic acids is 1. The molecule has 6 nitrogen and oxygen atoms in total. The Labute approximate surface area is 279 Å². The molecule has 1 amide bonds. The van der Waals surface area contributed by atoms with Crippen molar-refractivity contribution in [1.29, 1.82) is 0 Å². The number of allylic oxidation sites excluding steroid dienone is 3. The Bertz CT molecular complexity index is 1430. The first kappa shape index (κ1) is 38.4. The first-order valence-electron chi connectivity index (χ1n) is 16.5. The summed E-state index contributed by atoms with van der Waals surface area (Å²) >= 11 is 0. The van der Waals surface area contributed by atoms with E-state index in [4.69, 9.17) is 0 Å². The van der Waals surface area contributed by atoms with Gasteiger partial charge in [-0.1, -0.05) is 61.8 Å². The van der Waals surface area contributed by atoms with Crippen LogP contribution in [0.4, 0.5) is 28.9 Å². The highest BCUT2D eigenvalue weighted by Crippen LogP contribution is 2.40. The third-order valence-electron chi connectivity index (χ3n) is 7.70. The van der Waals surface area contributed by atoms with Crippen LogP contribution in [0, 0.1) is 11.7 Å². The van der Waals surface area contributed by atoms with Crippen molar-refractivity contribution in [3.05, 3.63) is 82.1 Å². The Balaban J connectivity index is 0.00000192. The second-order valence-electron chi connectivity index (χ2n) is 12.5. The molecule has 11 heteroatoms. The topological polar surface area (TPSA) is 60.0 Å². The Morgan fingerprint density at radius 3 is 2.34 bits per heavy atom. The molecule has 2 aromatic rings. The average Bonchev–Trinajstić information content (AvgIpc) is 3.02. The van der Waals surface area contributed by atoms with Gasteiger partial charge in [-0.15, -0.1) is 0 Å². The summed E-state index contributed by atoms with van der Waals surface area (Å²) in [4.78, 5) is 21.5. The van der Waals surface area contributed by atoms with Gasteiger partial charge < -0.3 is 15.1 Å². The summed E-state index contributed by atoms with van der Waals surface area (Å²) in [6.45, 7) is 14.7. The molecule has 3 unspecified atom stereocenters. The van der Waals surface area contributed by atoms with E-state index in [-0.39, 0.29) is 17.0 Å². The monoisotopic (exact) mass is 675 g/mol. The average molecular weight is 676 g/mol. The van der Waals surface area contributed by atoms with Crippen LogP contribution in [0.15, 0.2) is 64.6 Å². The highest BCUT2D eigenvalue weighted by atomic mass is 31.1. The van der Waals surface area contributed by atoms with Gasteiger partial charge in [0, 0.05) is 60.9 Å². The van der Waals surface area contributed by atoms with Gasteiger partial charge in [-0.05, 0) is 74.4 Å². The molecular weight excluding hydrogens is 625 g/mol. The van der Waals surface area contributed by atoms with Crippen LogP contribution in [0.5, 0.6) is 0 Å². The summed E-state index contributed by atoms with van der Waals surface area (Å²) in [6, 6.07) is 7.43. The Kier molecular flexibility index (Phi) is 14.6. The molecule has 3 atom stereocenters. The standard InChI is InChI=1S/C33H42F4N5OP.C3H8/c1-6-7-28-30(13-8-21(2)3)44-31(20-38-28)39-22(4)25-19-24(10-11-27(25)34)40-32(43)23-9-12-29(26(18-23)33(35,36)37)42-16-14-41(5)15-17-42;1-3-2/h7,9-13,18-22,31,39,44H,6,8,14-17H2,1-5H3,(H,40,43);3H2,1-2H3/b28-7+,30-13-;. The molecule has 0 radical (unpaired) electrons. The van der Waals surface area contributed by atoms with Crippen LogP contribution in [0.3, 0.4) is 0 Å². The number of alkyl halides is 3. The minimum atomic E-state index is -4.63. The zero-order valence-electron chi connectivity index (χ0n) is 28.6. The van der Waals surface area contributed by atoms with Crippen molar-refractivity contribution in [3.63, 3.8) is 0 Å². The molecule has 0 spiro atoms. The van der Waals surface area contributed by atoms with Gasteiger partial charge in [0.25, 0.3) is 5.91 Å². The third kappa shape index (κ3) is 11.3. The van der Waals surface area contributed by atoms with Gasteiger partial charge in [0.05, 0.1) is 17.0 Å². The number of nitrogens with zero attached hydrogens (tertiary/aromatic N) is 3. The molecule has 2 N–H and O–H groups in total. The molecule has 258 valence electrons. The molecule has 2 aliphatic heterocycles. The predicted molar refractivity (Wildman–Crippen MR) is 190 cm³/mol. The fourth-order valence-corrected chi connectivity index (χ4v) is 6.57. The lowest BCUT2D eigenvalue weighted by atomic mass is 10.0. The fraction of sp³-hybridized carbons (Fsp3) is 0.500. The highest BCUT2D eigenvalue weighted by Gasteiger charge is 2.36. The number of aliphatic imine (C=N–C) groups is 1. The van der Waals surface area contributed by atoms with Crippen molar-refractivity contribution in [3.8, 4) is 0 Å². The molecule has 0 saturated carbocycles. The molecule has 1 fully saturated rings. The number of hydrogen-bond acceptors (Lipinski definition) is 5. The van der Waals surface area contributed by atoms with E-state index in [1.807, 2.05) is 20.2 Å². The van der Waals surface area contributed by atoms with Gasteiger partial charge in [-0.2, -0.15) is 13.2 Å². The van der Waals surface area contributed by atoms with Crippen molar-refractivity contribution >= 4 is 32.1 Å². The largest absolute Gasteiger partial charge is 0.418 e. The van der Waals surface area contributed by atoms with E-state index in [0.29, 0.717) is 51.9 Å². The maximum Gasteiger partial charge on any atom is 0.418 e. The third-order valence-corrected chi connectivity index (χ3v) is 9.10. The number of halogens is 4. The molecule has 47 heavy (non-hydrogen) atoms. The van der Waals surface area contributed by atoms with Gasteiger partial charge in [-0.3, -0.25) is 15.1 Å². The van der Waals surface area contributed by atoms with Crippen molar-refractivity contribution in [2.45, 2.75) is 78.8 Å². The zero-order chi connectivity index (χ0) is 34.7. The number of hydrogen-bond donors (Lipinski definition) is 2. The zero-order valence-corrected chi connectivity index (χ0v) is 29.6. The Morgan fingerprint density at radius 1 is 1.04 bits per heavy atom. The van der Waals surface area contributed by atoms with Crippen molar-refractivity contribution in [2.24, 2.45) is 10.9 Å². The van der Waals surface area contributed by atoms with Crippen molar-refractivity contribution in [1.82, 2.24) is 10.2 Å². The number of amides is 1. The van der Waals surface area contributed by atoms with Crippen molar-refractivity contribution < 1.29 is 22.4 Å². The second-order valence-corrected chi connectivity index (χ2v) is 13.9. The van der Waals surface area contributed by atoms with Crippen molar-refractivity contribution in [2.75, 3.05) is 43.4 Å². The lowest BCUT2D eigenvalue weighted by Crippen LogP contribution is -2.45. The van der Waals surface area contributed by atoms with Crippen LogP contribution in [0.2, 0.25) is 0 Å². The predicted octanol–water partition coefficient (Wildman–Crippen LogP) is 9.23. The first-order valence-corrected chi connectivity index (χ1v) is 17.6. The molecule has 0 aliphatic carbocycles. The van der Waals surface area contributed by atoms with E-state index in [9.17, 15) is 22.4 Å². The van der Waals surface area contributed by atoms with Gasteiger partial charge >= 0.3 is 6.18 Å². The molecule has 2 aliphatic rings. The summed E-state index contributed by atoms with van der Waals surface area (Å²) in [5.74, 6) is -0.713. The quantitative estimate of drug-likeness (QED) is 0.206. The minimum absolute atomic E-state index is 0.0672. The molecule has 2 aromatic carbocycles. The number of carbonyl (C=O) groups is 1. The molecule has 0 bridgehead atoms. The van der Waals surface area contributed by atoms with Crippen LogP contribution in [-0.2, 0) is 6.18 Å². The van der Waals surface area contributed by atoms with Gasteiger partial charge in [0.15, 0.2) is 0 Å². The SMILES string of the molecule is CC/C=C1/N=CC(NC(C)c2cc(NC(=O)c3ccc(N4CCN(C)CC4)c(C(F)(F)F)c3)ccc2F)P/C1=C\CC(C)C.CCC. The lowest BCUT2D eigenvalue weighted by molar-refractivity contribution is -0.137. The number of anilines is 2. The highest BCUT2D eigenvalue weighted by molar-refractivity contribution is 7.45. The lowest BCUT2D eigenvalue weighted by Gasteiger charge is -2.35. The number of piperazine rings is 1. The Hall–Kier alpha value is -3.07. The summed E-state index contributed by atoms with van der Waals surface area (Å²) in [6.07, 6.45) is 4.65. The summed E-state index contributed by atoms with van der Waals surface area (Å²) in [7, 11) is 2.35. The molecule has 2 heterocycles. The number of benzene rings is 2. The van der Waals surface area contributed by atoms with E-state index >= 15 is 0 Å². The van der Waals surface area contributed by atoms with Crippen LogP contribution >= 0.6 is 8.58 Å². The number of rotatable bonds is 9. The summed E-state index contributed by atoms with van der Waals surface area (Å²) in [5.41, 5.74) is 0.715. The molecule has 1 saturated heterocycles. The number of nitrogens with one attached hydrogen (secondary N) is 2. The fourth-order valence-electron chi connectivity index (χ4n) is 5.20. The summed E-state index contributed by atoms with van der Waals surface area (Å²) in [5, 5.41) is 7.29. The van der Waals surface area contributed by atoms with Crippen LogP contribution in [0.1, 0.15) is 88.3 Å². The van der Waals surface area contributed by atoms with Crippen LogP contribution < -0.4 is 15.5 Å². The summed E-state index contributed by atoms with van der Waals surface area (Å²) < 4.78 is 57.2. The van der Waals surface area contributed by atoms with E-state index in [1.165, 1.54) is 42.1 Å². The van der Waals surface area contributed by atoms with E-state index in [2.05, 4.69) is 67.3 Å². The van der Waals surface area contributed by atoms with Gasteiger partial charge in [0.2, 0.25) is 0 Å². The van der Waals surface area contributed by atoms with E-state index < -0.39 is 29.5 Å². The van der Waals surface area contributed by atoms with E-state index in [0.717, 1.165) is 24.6 Å². The van der Waals surface area contributed by atoms with Gasteiger partial charge in [0.1, 0.15) is 5.82 Å². The number of likely N-dealkylation sites (N-methyl/N-ethyl adjacent to an activating group) is 1. The Morgan fingerprint density at radius 2 is 1.72 bits per heavy atom. The van der Waals surface area contributed by atoms with E-state index in [1.54, 1.807) is 4.90 Å². The minimum Gasteiger partial charge on any atom is -0.368 e. The maximum atomic E-state index is 15.0. The molecule has 0 aromatic heterocycles. The van der Waals surface area contributed by atoms with Crippen LogP contribution in [0.25, 0.3) is 0 Å². The van der Waals surface area contributed by atoms with Gasteiger partial charge in [-0.25, -0.2) is 4.39 Å². The van der Waals surface area contributed by atoms with Crippen LogP contribution in [-0.4, -0.2) is 56.0 Å². The molecule has 4 rings (SSSR count). The molecular formula is C36H50F4N5OP. The second kappa shape index (κ2) is 17.9. The maximum absolute atomic E-state index is 15.0. The normalized spacial score (nSPS) is 20.1. The first-order chi connectivity index (χ1) is 22.3.